The van der Waals surface area contributed by atoms with E-state index in [1.807, 2.05) is 24.3 Å². The smallest absolute Gasteiger partial charge is 0.390 e. The highest BCUT2D eigenvalue weighted by molar-refractivity contribution is 5.91. The molecule has 0 radical (unpaired) electrons. The summed E-state index contributed by atoms with van der Waals surface area (Å²) >= 11 is 0. The van der Waals surface area contributed by atoms with Crippen LogP contribution in [0.15, 0.2) is 98.1 Å². The molecule has 35 heavy (non-hydrogen) atoms. The number of ketones is 1. The van der Waals surface area contributed by atoms with Gasteiger partial charge in [-0.1, -0.05) is 55.5 Å². The van der Waals surface area contributed by atoms with Crippen LogP contribution in [-0.4, -0.2) is 24.5 Å². The molecule has 0 fully saturated rings. The van der Waals surface area contributed by atoms with Crippen LogP contribution in [0.3, 0.4) is 0 Å². The third-order valence-electron chi connectivity index (χ3n) is 4.71. The van der Waals surface area contributed by atoms with E-state index >= 15 is 0 Å². The quantitative estimate of drug-likeness (QED) is 0.150. The molecule has 0 aliphatic rings. The molecular weight excluding hydrogens is 444 g/mol. The van der Waals surface area contributed by atoms with E-state index in [1.54, 1.807) is 48.5 Å². The lowest BCUT2D eigenvalue weighted by molar-refractivity contribution is -0.144. The summed E-state index contributed by atoms with van der Waals surface area (Å²) in [7, 11) is 0. The summed E-state index contributed by atoms with van der Waals surface area (Å²) in [6, 6.07) is 21.3. The van der Waals surface area contributed by atoms with Crippen molar-refractivity contribution in [1.82, 2.24) is 0 Å². The van der Waals surface area contributed by atoms with Crippen LogP contribution in [0, 0.1) is 11.8 Å². The molecule has 0 saturated carbocycles. The Kier molecular flexibility index (Phi) is 8.75. The minimum absolute atomic E-state index is 0.0618. The number of hydrogen-bond donors (Lipinski definition) is 0. The predicted molar refractivity (Wildman–Crippen MR) is 132 cm³/mol. The van der Waals surface area contributed by atoms with Gasteiger partial charge in [0.2, 0.25) is 6.79 Å². The number of rotatable bonds is 9. The Labute approximate surface area is 203 Å². The number of allylic oxidation sites excluding steroid dienone is 1. The Morgan fingerprint density at radius 1 is 0.771 bits per heavy atom. The Morgan fingerprint density at radius 3 is 1.94 bits per heavy atom. The molecule has 0 aromatic heterocycles. The van der Waals surface area contributed by atoms with Crippen LogP contribution in [0.4, 0.5) is 0 Å². The second-order valence-electron chi connectivity index (χ2n) is 7.16. The normalized spacial score (nSPS) is 9.71. The van der Waals surface area contributed by atoms with Crippen molar-refractivity contribution in [3.8, 4) is 34.5 Å². The number of benzene rings is 3. The first-order valence-corrected chi connectivity index (χ1v) is 10.6. The van der Waals surface area contributed by atoms with Gasteiger partial charge in [0.25, 0.3) is 0 Å². The maximum atomic E-state index is 12.1. The van der Waals surface area contributed by atoms with Crippen LogP contribution in [0.2, 0.25) is 0 Å². The third-order valence-corrected chi connectivity index (χ3v) is 4.71. The first-order chi connectivity index (χ1) is 17.0. The van der Waals surface area contributed by atoms with Crippen LogP contribution >= 0.6 is 0 Å². The number of carbonyl (C=O) groups excluding carboxylic acids is 3. The summed E-state index contributed by atoms with van der Waals surface area (Å²) in [5, 5.41) is 0. The van der Waals surface area contributed by atoms with E-state index in [2.05, 4.69) is 25.0 Å². The zero-order chi connectivity index (χ0) is 25.0. The number of carbonyl (C=O) groups is 3. The Hall–Kier alpha value is -4.89. The van der Waals surface area contributed by atoms with Crippen LogP contribution in [0.1, 0.15) is 11.1 Å². The molecule has 0 bridgehead atoms. The first kappa shape index (κ1) is 24.7. The van der Waals surface area contributed by atoms with Gasteiger partial charge in [-0.3, -0.25) is 4.79 Å². The second-order valence-corrected chi connectivity index (χ2v) is 7.16. The number of ether oxygens (including phenoxy) is 3. The van der Waals surface area contributed by atoms with Crippen molar-refractivity contribution in [3.05, 3.63) is 109 Å². The van der Waals surface area contributed by atoms with E-state index in [1.165, 1.54) is 6.08 Å². The monoisotopic (exact) mass is 466 g/mol. The molecule has 0 saturated heterocycles. The van der Waals surface area contributed by atoms with E-state index in [-0.39, 0.29) is 19.0 Å². The summed E-state index contributed by atoms with van der Waals surface area (Å²) in [4.78, 5) is 34.5. The lowest BCUT2D eigenvalue weighted by Crippen LogP contribution is -2.07. The lowest BCUT2D eigenvalue weighted by Gasteiger charge is -2.08. The minimum atomic E-state index is -0.678. The second kappa shape index (κ2) is 12.4. The zero-order valence-electron chi connectivity index (χ0n) is 18.9. The molecule has 6 nitrogen and oxygen atoms in total. The molecule has 0 amide bonds. The van der Waals surface area contributed by atoms with Crippen LogP contribution in [0.5, 0.6) is 11.5 Å². The Balaban J connectivity index is 1.53. The van der Waals surface area contributed by atoms with Gasteiger partial charge in [-0.25, -0.2) is 9.59 Å². The lowest BCUT2D eigenvalue weighted by atomic mass is 10.1. The standard InChI is InChI=1S/C29H22O6/c1-3-25(30)19-22-7-5-21(6-8-22)9-18-29(32)35-27-16-12-24(13-17-27)23-10-14-26(15-11-23)33-20-34-28(31)4-2/h3-8,10-17H,1-2,19-20H2. The predicted octanol–water partition coefficient (Wildman–Crippen LogP) is 4.67. The van der Waals surface area contributed by atoms with E-state index in [9.17, 15) is 14.4 Å². The van der Waals surface area contributed by atoms with Gasteiger partial charge >= 0.3 is 11.9 Å². The van der Waals surface area contributed by atoms with Crippen LogP contribution in [0.25, 0.3) is 11.1 Å². The van der Waals surface area contributed by atoms with Gasteiger partial charge in [-0.15, -0.1) is 0 Å². The topological polar surface area (TPSA) is 78.9 Å². The summed E-state index contributed by atoms with van der Waals surface area (Å²) in [6.45, 7) is 6.57. The molecule has 3 aromatic carbocycles. The highest BCUT2D eigenvalue weighted by atomic mass is 16.7. The van der Waals surface area contributed by atoms with E-state index in [0.717, 1.165) is 22.8 Å². The first-order valence-electron chi connectivity index (χ1n) is 10.6. The molecular formula is C29H22O6. The molecule has 3 aromatic rings. The van der Waals surface area contributed by atoms with Crippen LogP contribution < -0.4 is 9.47 Å². The fraction of sp³-hybridized carbons (Fsp3) is 0.0690. The SMILES string of the molecule is C=CC(=O)Cc1ccc(C#CC(=O)Oc2ccc(-c3ccc(OCOC(=O)C=C)cc3)cc2)cc1. The largest absolute Gasteiger partial charge is 0.457 e. The van der Waals surface area contributed by atoms with E-state index < -0.39 is 11.9 Å². The Bertz CT molecular complexity index is 1270. The van der Waals surface area contributed by atoms with Crippen molar-refractivity contribution in [1.29, 1.82) is 0 Å². The van der Waals surface area contributed by atoms with Gasteiger partial charge in [0.1, 0.15) is 11.5 Å². The molecule has 3 rings (SSSR count). The fourth-order valence-corrected chi connectivity index (χ4v) is 2.91. The molecule has 0 spiro atoms. The third kappa shape index (κ3) is 7.88. The molecule has 0 aliphatic heterocycles. The average Bonchev–Trinajstić information content (AvgIpc) is 2.89. The van der Waals surface area contributed by atoms with Crippen molar-refractivity contribution < 1.29 is 28.6 Å². The molecule has 0 aliphatic carbocycles. The Morgan fingerprint density at radius 2 is 1.37 bits per heavy atom. The van der Waals surface area contributed by atoms with Crippen LogP contribution in [-0.2, 0) is 25.5 Å². The highest BCUT2D eigenvalue weighted by Crippen LogP contribution is 2.24. The molecule has 0 heterocycles. The maximum Gasteiger partial charge on any atom is 0.390 e. The molecule has 6 heteroatoms. The fourth-order valence-electron chi connectivity index (χ4n) is 2.91. The maximum absolute atomic E-state index is 12.1. The average molecular weight is 466 g/mol. The number of esters is 2. The summed E-state index contributed by atoms with van der Waals surface area (Å²) in [5.74, 6) is 4.83. The van der Waals surface area contributed by atoms with Gasteiger partial charge in [0.15, 0.2) is 5.78 Å². The summed E-state index contributed by atoms with van der Waals surface area (Å²) in [5.41, 5.74) is 3.32. The minimum Gasteiger partial charge on any atom is -0.457 e. The van der Waals surface area contributed by atoms with E-state index in [0.29, 0.717) is 17.1 Å². The van der Waals surface area contributed by atoms with Crippen molar-refractivity contribution in [2.24, 2.45) is 0 Å². The van der Waals surface area contributed by atoms with Gasteiger partial charge < -0.3 is 14.2 Å². The van der Waals surface area contributed by atoms with Gasteiger partial charge in [0, 0.05) is 24.0 Å². The van der Waals surface area contributed by atoms with Crippen molar-refractivity contribution in [2.75, 3.05) is 6.79 Å². The molecule has 0 unspecified atom stereocenters. The zero-order valence-corrected chi connectivity index (χ0v) is 18.9. The van der Waals surface area contributed by atoms with Gasteiger partial charge in [-0.2, -0.15) is 0 Å². The molecule has 0 atom stereocenters. The van der Waals surface area contributed by atoms with E-state index in [4.69, 9.17) is 14.2 Å². The van der Waals surface area contributed by atoms with Crippen molar-refractivity contribution >= 4 is 17.7 Å². The molecule has 0 N–H and O–H groups in total. The molecule has 174 valence electrons. The van der Waals surface area contributed by atoms with Gasteiger partial charge in [0.05, 0.1) is 0 Å². The van der Waals surface area contributed by atoms with Crippen molar-refractivity contribution in [3.63, 3.8) is 0 Å². The summed E-state index contributed by atoms with van der Waals surface area (Å²) in [6.07, 6.45) is 2.63. The highest BCUT2D eigenvalue weighted by Gasteiger charge is 2.04. The van der Waals surface area contributed by atoms with Gasteiger partial charge in [-0.05, 0) is 59.2 Å². The van der Waals surface area contributed by atoms with Crippen molar-refractivity contribution in [2.45, 2.75) is 6.42 Å². The number of hydrogen-bond acceptors (Lipinski definition) is 6. The summed E-state index contributed by atoms with van der Waals surface area (Å²) < 4.78 is 15.4.